The van der Waals surface area contributed by atoms with E-state index in [1.54, 1.807) is 11.3 Å². The molecule has 2 rings (SSSR count). The fourth-order valence-electron chi connectivity index (χ4n) is 2.31. The average molecular weight is 318 g/mol. The number of hydrogen-bond donors (Lipinski definition) is 2. The lowest BCUT2D eigenvalue weighted by molar-refractivity contribution is 0.540. The Morgan fingerprint density at radius 2 is 1.86 bits per heavy atom. The lowest BCUT2D eigenvalue weighted by Crippen LogP contribution is -2.28. The van der Waals surface area contributed by atoms with E-state index in [1.807, 2.05) is 0 Å². The average Bonchev–Trinajstić information content (AvgIpc) is 2.92. The Kier molecular flexibility index (Phi) is 6.40. The molecule has 4 heteroatoms. The first-order chi connectivity index (χ1) is 10.6. The summed E-state index contributed by atoms with van der Waals surface area (Å²) >= 11 is 1.67. The minimum Gasteiger partial charge on any atom is -0.332 e. The highest BCUT2D eigenvalue weighted by Gasteiger charge is 2.07. The van der Waals surface area contributed by atoms with Crippen molar-refractivity contribution in [2.24, 2.45) is 0 Å². The molecule has 0 amide bonds. The van der Waals surface area contributed by atoms with E-state index >= 15 is 0 Å². The quantitative estimate of drug-likeness (QED) is 0.724. The Morgan fingerprint density at radius 3 is 2.50 bits per heavy atom. The second-order valence-electron chi connectivity index (χ2n) is 6.11. The summed E-state index contributed by atoms with van der Waals surface area (Å²) in [5.74, 6) is 0.567. The van der Waals surface area contributed by atoms with Gasteiger partial charge in [0.15, 0.2) is 5.13 Å². The highest BCUT2D eigenvalue weighted by molar-refractivity contribution is 7.13. The summed E-state index contributed by atoms with van der Waals surface area (Å²) in [6.45, 7) is 9.90. The molecule has 0 fully saturated rings. The number of nitrogens with one attached hydrogen (secondary N) is 2. The summed E-state index contributed by atoms with van der Waals surface area (Å²) in [4.78, 5) is 4.68. The van der Waals surface area contributed by atoms with Crippen LogP contribution in [0.4, 0.5) is 10.8 Å². The van der Waals surface area contributed by atoms with Gasteiger partial charge < -0.3 is 10.6 Å². The Bertz CT molecular complexity index is 560. The van der Waals surface area contributed by atoms with Crippen LogP contribution >= 0.6 is 11.3 Å². The van der Waals surface area contributed by atoms with Crippen molar-refractivity contribution in [3.63, 3.8) is 0 Å². The highest BCUT2D eigenvalue weighted by atomic mass is 32.1. The van der Waals surface area contributed by atoms with Crippen molar-refractivity contribution in [3.8, 4) is 0 Å². The maximum atomic E-state index is 4.68. The van der Waals surface area contributed by atoms with Crippen LogP contribution < -0.4 is 10.6 Å². The zero-order valence-corrected chi connectivity index (χ0v) is 14.8. The van der Waals surface area contributed by atoms with Crippen molar-refractivity contribution in [1.29, 1.82) is 0 Å². The molecule has 0 bridgehead atoms. The molecule has 1 aromatic carbocycles. The lowest BCUT2D eigenvalue weighted by Gasteiger charge is -2.11. The topological polar surface area (TPSA) is 37.0 Å². The van der Waals surface area contributed by atoms with Crippen LogP contribution in [0.3, 0.4) is 0 Å². The van der Waals surface area contributed by atoms with Crippen LogP contribution in [0.1, 0.15) is 51.3 Å². The summed E-state index contributed by atoms with van der Waals surface area (Å²) in [6.07, 6.45) is 2.14. The molecule has 0 saturated heterocycles. The van der Waals surface area contributed by atoms with Crippen LogP contribution in [0.25, 0.3) is 0 Å². The van der Waals surface area contributed by atoms with Crippen molar-refractivity contribution >= 4 is 22.2 Å². The van der Waals surface area contributed by atoms with E-state index in [2.05, 4.69) is 73.0 Å². The van der Waals surface area contributed by atoms with Gasteiger partial charge in [-0.15, -0.1) is 11.3 Å². The monoisotopic (exact) mass is 317 g/mol. The van der Waals surface area contributed by atoms with Crippen LogP contribution in [0.5, 0.6) is 0 Å². The Labute approximate surface area is 138 Å². The SMILES string of the molecule is CCCNC(C)Cc1csc(Nc2ccc(C(C)C)cc2)n1. The fourth-order valence-corrected chi connectivity index (χ4v) is 3.05. The summed E-state index contributed by atoms with van der Waals surface area (Å²) in [5.41, 5.74) is 3.62. The highest BCUT2D eigenvalue weighted by Crippen LogP contribution is 2.23. The van der Waals surface area contributed by atoms with E-state index in [4.69, 9.17) is 0 Å². The molecule has 1 unspecified atom stereocenters. The predicted molar refractivity (Wildman–Crippen MR) is 97.4 cm³/mol. The van der Waals surface area contributed by atoms with Crippen molar-refractivity contribution in [2.75, 3.05) is 11.9 Å². The first kappa shape index (κ1) is 17.0. The molecule has 120 valence electrons. The molecule has 0 aliphatic carbocycles. The first-order valence-electron chi connectivity index (χ1n) is 8.13. The Hall–Kier alpha value is -1.39. The number of aromatic nitrogens is 1. The summed E-state index contributed by atoms with van der Waals surface area (Å²) in [6, 6.07) is 9.08. The van der Waals surface area contributed by atoms with Gasteiger partial charge in [0, 0.05) is 23.5 Å². The van der Waals surface area contributed by atoms with Crippen LogP contribution in [0.2, 0.25) is 0 Å². The number of anilines is 2. The van der Waals surface area contributed by atoms with Crippen LogP contribution in [0.15, 0.2) is 29.6 Å². The summed E-state index contributed by atoms with van der Waals surface area (Å²) in [5, 5.41) is 10.0. The lowest BCUT2D eigenvalue weighted by atomic mass is 10.0. The maximum Gasteiger partial charge on any atom is 0.187 e. The third-order valence-corrected chi connectivity index (χ3v) is 4.45. The van der Waals surface area contributed by atoms with Crippen LogP contribution in [-0.2, 0) is 6.42 Å². The molecule has 1 aromatic heterocycles. The van der Waals surface area contributed by atoms with E-state index in [0.717, 1.165) is 29.5 Å². The van der Waals surface area contributed by atoms with Gasteiger partial charge in [0.05, 0.1) is 5.69 Å². The van der Waals surface area contributed by atoms with Gasteiger partial charge in [-0.05, 0) is 43.5 Å². The van der Waals surface area contributed by atoms with E-state index in [-0.39, 0.29) is 0 Å². The molecule has 0 saturated carbocycles. The van der Waals surface area contributed by atoms with Crippen molar-refractivity contribution in [3.05, 3.63) is 40.9 Å². The van der Waals surface area contributed by atoms with Crippen molar-refractivity contribution in [1.82, 2.24) is 10.3 Å². The van der Waals surface area contributed by atoms with Gasteiger partial charge in [0.1, 0.15) is 0 Å². The Morgan fingerprint density at radius 1 is 1.14 bits per heavy atom. The zero-order chi connectivity index (χ0) is 15.9. The predicted octanol–water partition coefficient (Wildman–Crippen LogP) is 4.94. The van der Waals surface area contributed by atoms with Gasteiger partial charge in [-0.2, -0.15) is 0 Å². The number of hydrogen-bond acceptors (Lipinski definition) is 4. The number of thiazole rings is 1. The molecule has 1 atom stereocenters. The molecule has 0 radical (unpaired) electrons. The van der Waals surface area contributed by atoms with E-state index in [0.29, 0.717) is 12.0 Å². The third-order valence-electron chi connectivity index (χ3n) is 3.64. The van der Waals surface area contributed by atoms with Gasteiger partial charge in [-0.25, -0.2) is 4.98 Å². The van der Waals surface area contributed by atoms with E-state index in [9.17, 15) is 0 Å². The number of benzene rings is 1. The molecule has 2 N–H and O–H groups in total. The maximum absolute atomic E-state index is 4.68. The summed E-state index contributed by atoms with van der Waals surface area (Å²) in [7, 11) is 0. The molecule has 1 heterocycles. The minimum atomic E-state index is 0.472. The molecular formula is C18H27N3S. The molecule has 2 aromatic rings. The number of nitrogens with zero attached hydrogens (tertiary/aromatic N) is 1. The molecule has 0 aliphatic rings. The van der Waals surface area contributed by atoms with Gasteiger partial charge >= 0.3 is 0 Å². The largest absolute Gasteiger partial charge is 0.332 e. The second kappa shape index (κ2) is 8.30. The normalized spacial score (nSPS) is 12.6. The molecule has 0 aliphatic heterocycles. The number of rotatable bonds is 8. The van der Waals surface area contributed by atoms with E-state index < -0.39 is 0 Å². The third kappa shape index (κ3) is 5.11. The molecule has 3 nitrogen and oxygen atoms in total. The standard InChI is InChI=1S/C18H27N3S/c1-5-10-19-14(4)11-17-12-22-18(21-17)20-16-8-6-15(7-9-16)13(2)3/h6-9,12-14,19H,5,10-11H2,1-4H3,(H,20,21). The van der Waals surface area contributed by atoms with Gasteiger partial charge in [-0.1, -0.05) is 32.9 Å². The molecular weight excluding hydrogens is 290 g/mol. The van der Waals surface area contributed by atoms with Gasteiger partial charge in [0.25, 0.3) is 0 Å². The van der Waals surface area contributed by atoms with Crippen molar-refractivity contribution < 1.29 is 0 Å². The Balaban J connectivity index is 1.91. The summed E-state index contributed by atoms with van der Waals surface area (Å²) < 4.78 is 0. The van der Waals surface area contributed by atoms with Crippen LogP contribution in [-0.4, -0.2) is 17.6 Å². The smallest absolute Gasteiger partial charge is 0.187 e. The zero-order valence-electron chi connectivity index (χ0n) is 14.0. The van der Waals surface area contributed by atoms with E-state index in [1.165, 1.54) is 12.0 Å². The fraction of sp³-hybridized carbons (Fsp3) is 0.500. The van der Waals surface area contributed by atoms with Crippen molar-refractivity contribution in [2.45, 2.75) is 52.5 Å². The molecule has 22 heavy (non-hydrogen) atoms. The molecule has 0 spiro atoms. The second-order valence-corrected chi connectivity index (χ2v) is 6.96. The first-order valence-corrected chi connectivity index (χ1v) is 9.01. The van der Waals surface area contributed by atoms with Gasteiger partial charge in [-0.3, -0.25) is 0 Å². The minimum absolute atomic E-state index is 0.472. The van der Waals surface area contributed by atoms with Gasteiger partial charge in [0.2, 0.25) is 0 Å². The van der Waals surface area contributed by atoms with Crippen LogP contribution in [0, 0.1) is 0 Å².